The molecule has 0 spiro atoms. The minimum atomic E-state index is -0.379. The molecule has 0 unspecified atom stereocenters. The smallest absolute Gasteiger partial charge is 0.262 e. The highest BCUT2D eigenvalue weighted by atomic mass is 35.5. The Labute approximate surface area is 202 Å². The molecule has 170 valence electrons. The van der Waals surface area contributed by atoms with E-state index in [9.17, 15) is 9.59 Å². The highest BCUT2D eigenvalue weighted by Gasteiger charge is 2.23. The summed E-state index contributed by atoms with van der Waals surface area (Å²) in [5.41, 5.74) is 2.12. The van der Waals surface area contributed by atoms with Crippen molar-refractivity contribution >= 4 is 45.6 Å². The van der Waals surface area contributed by atoms with Gasteiger partial charge < -0.3 is 14.8 Å². The van der Waals surface area contributed by atoms with Crippen molar-refractivity contribution in [3.05, 3.63) is 76.5 Å². The number of hydrogen-bond acceptors (Lipinski definition) is 8. The van der Waals surface area contributed by atoms with E-state index in [1.165, 1.54) is 17.5 Å². The van der Waals surface area contributed by atoms with E-state index in [1.807, 2.05) is 0 Å². The Morgan fingerprint density at radius 1 is 1.15 bits per heavy atom. The number of carbonyl (C=O) groups excluding carboxylic acids is 2. The molecule has 2 aromatic heterocycles. The molecule has 3 heterocycles. The summed E-state index contributed by atoms with van der Waals surface area (Å²) in [5, 5.41) is 15.2. The number of halogens is 1. The van der Waals surface area contributed by atoms with E-state index in [0.717, 1.165) is 0 Å². The van der Waals surface area contributed by atoms with E-state index >= 15 is 0 Å². The Morgan fingerprint density at radius 3 is 2.85 bits per heavy atom. The summed E-state index contributed by atoms with van der Waals surface area (Å²) in [5.74, 6) is 0.523. The molecule has 0 saturated heterocycles. The Morgan fingerprint density at radius 2 is 2.00 bits per heavy atom. The number of nitrogens with zero attached hydrogens (tertiary/aromatic N) is 3. The van der Waals surface area contributed by atoms with Gasteiger partial charge in [0.05, 0.1) is 11.3 Å². The fourth-order valence-corrected chi connectivity index (χ4v) is 4.11. The van der Waals surface area contributed by atoms with Crippen LogP contribution in [0, 0.1) is 0 Å². The largest absolute Gasteiger partial charge is 0.486 e. The van der Waals surface area contributed by atoms with Crippen molar-refractivity contribution in [1.82, 2.24) is 15.2 Å². The maximum Gasteiger partial charge on any atom is 0.262 e. The number of ether oxygens (including phenoxy) is 2. The third-order valence-corrected chi connectivity index (χ3v) is 5.92. The van der Waals surface area contributed by atoms with Crippen LogP contribution in [0.2, 0.25) is 5.02 Å². The molecule has 4 aromatic rings. The second-order valence-corrected chi connectivity index (χ2v) is 8.64. The molecule has 5 rings (SSSR count). The molecule has 1 aliphatic rings. The van der Waals surface area contributed by atoms with Crippen LogP contribution in [0.3, 0.4) is 0 Å². The number of nitrogens with one attached hydrogen (secondary N) is 2. The van der Waals surface area contributed by atoms with Gasteiger partial charge in [0.1, 0.15) is 12.4 Å². The summed E-state index contributed by atoms with van der Waals surface area (Å²) in [7, 11) is 0. The number of pyridine rings is 1. The lowest BCUT2D eigenvalue weighted by molar-refractivity contribution is -0.118. The van der Waals surface area contributed by atoms with Gasteiger partial charge >= 0.3 is 0 Å². The van der Waals surface area contributed by atoms with E-state index in [4.69, 9.17) is 21.1 Å². The predicted molar refractivity (Wildman–Crippen MR) is 127 cm³/mol. The van der Waals surface area contributed by atoms with Crippen molar-refractivity contribution in [3.8, 4) is 22.6 Å². The van der Waals surface area contributed by atoms with Crippen molar-refractivity contribution in [2.24, 2.45) is 0 Å². The topological polar surface area (TPSA) is 115 Å². The Kier molecular flexibility index (Phi) is 6.07. The van der Waals surface area contributed by atoms with Gasteiger partial charge in [0.2, 0.25) is 5.13 Å². The Bertz CT molecular complexity index is 1380. The lowest BCUT2D eigenvalue weighted by Gasteiger charge is -2.21. The van der Waals surface area contributed by atoms with E-state index in [0.29, 0.717) is 49.0 Å². The van der Waals surface area contributed by atoms with Crippen LogP contribution in [-0.2, 0) is 11.4 Å². The number of benzene rings is 2. The molecule has 0 aliphatic carbocycles. The molecule has 9 nitrogen and oxygen atoms in total. The molecular weight excluding hydrogens is 478 g/mol. The zero-order valence-corrected chi connectivity index (χ0v) is 19.0. The van der Waals surface area contributed by atoms with Gasteiger partial charge in [-0.05, 0) is 36.4 Å². The van der Waals surface area contributed by atoms with Crippen LogP contribution >= 0.6 is 22.9 Å². The lowest BCUT2D eigenvalue weighted by Crippen LogP contribution is -2.25. The first-order valence-corrected chi connectivity index (χ1v) is 11.3. The average Bonchev–Trinajstić information content (AvgIpc) is 3.30. The van der Waals surface area contributed by atoms with Crippen LogP contribution in [-0.4, -0.2) is 33.6 Å². The predicted octanol–water partition coefficient (Wildman–Crippen LogP) is 4.42. The van der Waals surface area contributed by atoms with Crippen molar-refractivity contribution < 1.29 is 19.1 Å². The van der Waals surface area contributed by atoms with Crippen LogP contribution in [0.15, 0.2) is 60.9 Å². The summed E-state index contributed by atoms with van der Waals surface area (Å²) in [4.78, 5) is 28.9. The first-order valence-electron chi connectivity index (χ1n) is 10.1. The molecular formula is C23H16ClN5O4S. The van der Waals surface area contributed by atoms with E-state index < -0.39 is 0 Å². The number of rotatable bonds is 6. The molecule has 2 N–H and O–H groups in total. The Balaban J connectivity index is 1.33. The van der Waals surface area contributed by atoms with Gasteiger partial charge in [0, 0.05) is 28.5 Å². The van der Waals surface area contributed by atoms with Crippen molar-refractivity contribution in [2.75, 3.05) is 17.2 Å². The summed E-state index contributed by atoms with van der Waals surface area (Å²) < 4.78 is 11.3. The number of hydrogen-bond donors (Lipinski definition) is 2. The van der Waals surface area contributed by atoms with Crippen molar-refractivity contribution in [2.45, 2.75) is 6.61 Å². The number of para-hydroxylation sites is 1. The number of anilines is 2. The van der Waals surface area contributed by atoms with Gasteiger partial charge in [-0.25, -0.2) is 0 Å². The molecule has 2 amide bonds. The van der Waals surface area contributed by atoms with E-state index in [2.05, 4.69) is 25.8 Å². The normalized spacial score (nSPS) is 12.3. The standard InChI is InChI=1S/C23H16ClN5O4S/c24-13-4-6-14(7-5-13)32-12-20-28-29-23(34-20)27-22(31)16-8-9-25-10-17(16)15-2-1-3-18-21(15)33-11-19(30)26-18/h1-10H,11-12H2,(H,26,30)(H,27,29,31). The first kappa shape index (κ1) is 21.8. The Hall–Kier alpha value is -4.02. The monoisotopic (exact) mass is 493 g/mol. The maximum absolute atomic E-state index is 13.1. The highest BCUT2D eigenvalue weighted by Crippen LogP contribution is 2.39. The van der Waals surface area contributed by atoms with Crippen LogP contribution in [0.1, 0.15) is 15.4 Å². The zero-order valence-electron chi connectivity index (χ0n) is 17.4. The van der Waals surface area contributed by atoms with Crippen LogP contribution in [0.25, 0.3) is 11.1 Å². The fourth-order valence-electron chi connectivity index (χ4n) is 3.34. The third kappa shape index (κ3) is 4.68. The van der Waals surface area contributed by atoms with Crippen molar-refractivity contribution in [3.63, 3.8) is 0 Å². The number of fused-ring (bicyclic) bond motifs is 1. The molecule has 2 aromatic carbocycles. The van der Waals surface area contributed by atoms with E-state index in [1.54, 1.807) is 54.7 Å². The summed E-state index contributed by atoms with van der Waals surface area (Å²) in [6.07, 6.45) is 3.11. The molecule has 0 saturated carbocycles. The van der Waals surface area contributed by atoms with Gasteiger partial charge in [-0.15, -0.1) is 10.2 Å². The lowest BCUT2D eigenvalue weighted by atomic mass is 9.99. The van der Waals surface area contributed by atoms with Gasteiger partial charge in [0.25, 0.3) is 11.8 Å². The second kappa shape index (κ2) is 9.46. The average molecular weight is 494 g/mol. The summed E-state index contributed by atoms with van der Waals surface area (Å²) >= 11 is 7.09. The molecule has 34 heavy (non-hydrogen) atoms. The van der Waals surface area contributed by atoms with Gasteiger partial charge in [-0.1, -0.05) is 35.1 Å². The molecule has 0 fully saturated rings. The molecule has 0 bridgehead atoms. The zero-order chi connectivity index (χ0) is 23.5. The van der Waals surface area contributed by atoms with Crippen LogP contribution in [0.5, 0.6) is 11.5 Å². The number of amides is 2. The van der Waals surface area contributed by atoms with Crippen LogP contribution < -0.4 is 20.1 Å². The number of carbonyl (C=O) groups is 2. The van der Waals surface area contributed by atoms with E-state index in [-0.39, 0.29) is 25.0 Å². The van der Waals surface area contributed by atoms with Crippen molar-refractivity contribution in [1.29, 1.82) is 0 Å². The van der Waals surface area contributed by atoms with Gasteiger partial charge in [0.15, 0.2) is 17.4 Å². The van der Waals surface area contributed by atoms with Gasteiger partial charge in [-0.3, -0.25) is 19.9 Å². The van der Waals surface area contributed by atoms with Crippen LogP contribution in [0.4, 0.5) is 10.8 Å². The minimum Gasteiger partial charge on any atom is -0.486 e. The minimum absolute atomic E-state index is 0.0997. The molecule has 1 aliphatic heterocycles. The second-order valence-electron chi connectivity index (χ2n) is 7.14. The molecule has 0 radical (unpaired) electrons. The van der Waals surface area contributed by atoms with Gasteiger partial charge in [-0.2, -0.15) is 0 Å². The first-order chi connectivity index (χ1) is 16.6. The molecule has 0 atom stereocenters. The quantitative estimate of drug-likeness (QED) is 0.408. The maximum atomic E-state index is 13.1. The summed E-state index contributed by atoms with van der Waals surface area (Å²) in [6.45, 7) is 0.104. The fraction of sp³-hybridized carbons (Fsp3) is 0.0870. The third-order valence-electron chi connectivity index (χ3n) is 4.86. The highest BCUT2D eigenvalue weighted by molar-refractivity contribution is 7.15. The number of aromatic nitrogens is 3. The SMILES string of the molecule is O=C1COc2c(cccc2-c2cnccc2C(=O)Nc2nnc(COc3ccc(Cl)cc3)s2)N1. The summed E-state index contributed by atoms with van der Waals surface area (Å²) in [6, 6.07) is 13.9. The molecule has 11 heteroatoms.